The number of carbonyl (C=O) groups excluding carboxylic acids is 2. The molecule has 0 saturated carbocycles. The van der Waals surface area contributed by atoms with Crippen LogP contribution in [0.3, 0.4) is 0 Å². The summed E-state index contributed by atoms with van der Waals surface area (Å²) < 4.78 is 31.3. The summed E-state index contributed by atoms with van der Waals surface area (Å²) in [7, 11) is -2.47. The minimum atomic E-state index is -3.73. The number of sulfonamides is 1. The first-order chi connectivity index (χ1) is 15.3. The summed E-state index contributed by atoms with van der Waals surface area (Å²) >= 11 is 7.31. The van der Waals surface area contributed by atoms with Gasteiger partial charge in [-0.2, -0.15) is 0 Å². The van der Waals surface area contributed by atoms with E-state index in [4.69, 9.17) is 16.3 Å². The second-order valence-corrected chi connectivity index (χ2v) is 9.83. The number of ether oxygens (including phenoxy) is 1. The molecule has 1 heterocycles. The van der Waals surface area contributed by atoms with Crippen molar-refractivity contribution >= 4 is 44.8 Å². The molecule has 3 rings (SSSR count). The molecule has 168 valence electrons. The molecule has 11 heteroatoms. The van der Waals surface area contributed by atoms with Gasteiger partial charge in [0, 0.05) is 11.9 Å². The Hall–Kier alpha value is -2.79. The molecule has 0 spiro atoms. The Labute approximate surface area is 194 Å². The van der Waals surface area contributed by atoms with Crippen molar-refractivity contribution in [2.45, 2.75) is 24.5 Å². The quantitative estimate of drug-likeness (QED) is 0.443. The fraction of sp³-hybridized carbons (Fsp3) is 0.190. The van der Waals surface area contributed by atoms with Gasteiger partial charge in [-0.3, -0.25) is 4.79 Å². The first-order valence-electron chi connectivity index (χ1n) is 9.42. The van der Waals surface area contributed by atoms with Crippen molar-refractivity contribution in [3.8, 4) is 0 Å². The van der Waals surface area contributed by atoms with Crippen LogP contribution in [-0.4, -0.2) is 32.3 Å². The first-order valence-corrected chi connectivity index (χ1v) is 12.2. The van der Waals surface area contributed by atoms with Crippen LogP contribution in [0.15, 0.2) is 58.8 Å². The van der Waals surface area contributed by atoms with Crippen molar-refractivity contribution in [1.29, 1.82) is 0 Å². The van der Waals surface area contributed by atoms with E-state index < -0.39 is 16.0 Å². The Kier molecular flexibility index (Phi) is 7.97. The molecule has 0 saturated heterocycles. The minimum absolute atomic E-state index is 0.0686. The van der Waals surface area contributed by atoms with Gasteiger partial charge in [0.05, 0.1) is 27.6 Å². The third kappa shape index (κ3) is 6.36. The van der Waals surface area contributed by atoms with E-state index in [0.29, 0.717) is 17.2 Å². The molecular weight excluding hydrogens is 474 g/mol. The average molecular weight is 494 g/mol. The van der Waals surface area contributed by atoms with Gasteiger partial charge < -0.3 is 10.1 Å². The van der Waals surface area contributed by atoms with Crippen LogP contribution in [0, 0.1) is 0 Å². The Morgan fingerprint density at radius 2 is 1.91 bits per heavy atom. The lowest BCUT2D eigenvalue weighted by atomic mass is 10.2. The highest BCUT2D eigenvalue weighted by Gasteiger charge is 2.19. The molecule has 3 aromatic rings. The maximum Gasteiger partial charge on any atom is 0.340 e. The first kappa shape index (κ1) is 23.9. The highest BCUT2D eigenvalue weighted by Crippen LogP contribution is 2.22. The monoisotopic (exact) mass is 493 g/mol. The Morgan fingerprint density at radius 3 is 2.62 bits per heavy atom. The largest absolute Gasteiger partial charge is 0.456 e. The molecule has 0 radical (unpaired) electrons. The van der Waals surface area contributed by atoms with E-state index in [-0.39, 0.29) is 34.4 Å². The average Bonchev–Trinajstić information content (AvgIpc) is 3.24. The number of thiazole rings is 1. The topological polar surface area (TPSA) is 114 Å². The zero-order chi connectivity index (χ0) is 23.1. The van der Waals surface area contributed by atoms with Gasteiger partial charge in [-0.1, -0.05) is 41.9 Å². The molecule has 0 fully saturated rings. The molecule has 1 aromatic heterocycles. The number of amides is 1. The van der Waals surface area contributed by atoms with Crippen molar-refractivity contribution in [2.24, 2.45) is 0 Å². The molecule has 2 N–H and O–H groups in total. The van der Waals surface area contributed by atoms with Crippen LogP contribution in [0.2, 0.25) is 5.02 Å². The van der Waals surface area contributed by atoms with Gasteiger partial charge in [0.25, 0.3) is 0 Å². The van der Waals surface area contributed by atoms with Gasteiger partial charge in [0.15, 0.2) is 0 Å². The number of rotatable bonds is 9. The van der Waals surface area contributed by atoms with E-state index in [9.17, 15) is 18.0 Å². The van der Waals surface area contributed by atoms with Crippen LogP contribution < -0.4 is 10.0 Å². The number of nitrogens with zero attached hydrogens (tertiary/aromatic N) is 1. The summed E-state index contributed by atoms with van der Waals surface area (Å²) in [5.74, 6) is -0.945. The number of benzene rings is 2. The number of hydrogen-bond acceptors (Lipinski definition) is 7. The molecule has 0 atom stereocenters. The van der Waals surface area contributed by atoms with E-state index in [1.165, 1.54) is 30.5 Å². The van der Waals surface area contributed by atoms with E-state index in [1.807, 2.05) is 30.3 Å². The molecule has 8 nitrogen and oxygen atoms in total. The van der Waals surface area contributed by atoms with Crippen LogP contribution in [0.4, 0.5) is 0 Å². The Bertz CT molecular complexity index is 1210. The second kappa shape index (κ2) is 10.7. The fourth-order valence-corrected chi connectivity index (χ4v) is 4.38. The van der Waals surface area contributed by atoms with Crippen LogP contribution in [-0.2, 0) is 39.1 Å². The molecular formula is C21H20ClN3O5S2. The van der Waals surface area contributed by atoms with Gasteiger partial charge in [-0.15, -0.1) is 11.3 Å². The second-order valence-electron chi connectivity index (χ2n) is 6.60. The minimum Gasteiger partial charge on any atom is -0.456 e. The molecule has 0 aliphatic heterocycles. The summed E-state index contributed by atoms with van der Waals surface area (Å²) in [5.41, 5.74) is 1.40. The van der Waals surface area contributed by atoms with E-state index >= 15 is 0 Å². The maximum absolute atomic E-state index is 12.4. The summed E-state index contributed by atoms with van der Waals surface area (Å²) in [4.78, 5) is 28.7. The van der Waals surface area contributed by atoms with Crippen molar-refractivity contribution in [1.82, 2.24) is 15.0 Å². The summed E-state index contributed by atoms with van der Waals surface area (Å²) in [6, 6.07) is 13.3. The summed E-state index contributed by atoms with van der Waals surface area (Å²) in [6.07, 6.45) is 0.112. The lowest BCUT2D eigenvalue weighted by Crippen LogP contribution is -2.24. The van der Waals surface area contributed by atoms with E-state index in [2.05, 4.69) is 15.0 Å². The standard InChI is InChI=1S/C21H20ClN3O5S2/c1-23-32(28,29)16-7-8-18(22)17(9-16)21(27)30-12-15-13-31-20(25-15)10-19(26)24-11-14-5-3-2-4-6-14/h2-9,13,23H,10-12H2,1H3,(H,24,26). The normalized spacial score (nSPS) is 11.2. The van der Waals surface area contributed by atoms with Gasteiger partial charge in [-0.05, 0) is 30.8 Å². The Balaban J connectivity index is 1.55. The lowest BCUT2D eigenvalue weighted by Gasteiger charge is -2.08. The van der Waals surface area contributed by atoms with Crippen molar-refractivity contribution < 1.29 is 22.7 Å². The smallest absolute Gasteiger partial charge is 0.340 e. The number of hydrogen-bond donors (Lipinski definition) is 2. The summed E-state index contributed by atoms with van der Waals surface area (Å²) in [5, 5.41) is 5.17. The number of carbonyl (C=O) groups is 2. The number of halogens is 1. The van der Waals surface area contributed by atoms with Gasteiger partial charge in [0.1, 0.15) is 11.6 Å². The highest BCUT2D eigenvalue weighted by molar-refractivity contribution is 7.89. The fourth-order valence-electron chi connectivity index (χ4n) is 2.66. The predicted molar refractivity (Wildman–Crippen MR) is 121 cm³/mol. The van der Waals surface area contributed by atoms with Crippen molar-refractivity contribution in [3.05, 3.63) is 80.8 Å². The van der Waals surface area contributed by atoms with Crippen LogP contribution in [0.25, 0.3) is 0 Å². The summed E-state index contributed by atoms with van der Waals surface area (Å²) in [6.45, 7) is 0.291. The van der Waals surface area contributed by atoms with Crippen LogP contribution >= 0.6 is 22.9 Å². The zero-order valence-electron chi connectivity index (χ0n) is 17.0. The van der Waals surface area contributed by atoms with Gasteiger partial charge in [0.2, 0.25) is 15.9 Å². The van der Waals surface area contributed by atoms with Gasteiger partial charge >= 0.3 is 5.97 Å². The maximum atomic E-state index is 12.4. The molecule has 0 aliphatic rings. The lowest BCUT2D eigenvalue weighted by molar-refractivity contribution is -0.120. The molecule has 32 heavy (non-hydrogen) atoms. The molecule has 0 bridgehead atoms. The van der Waals surface area contributed by atoms with Crippen molar-refractivity contribution in [2.75, 3.05) is 7.05 Å². The Morgan fingerprint density at radius 1 is 1.16 bits per heavy atom. The predicted octanol–water partition coefficient (Wildman–Crippen LogP) is 2.92. The third-order valence-corrected chi connectivity index (χ3v) is 6.97. The highest BCUT2D eigenvalue weighted by atomic mass is 35.5. The van der Waals surface area contributed by atoms with Crippen molar-refractivity contribution in [3.63, 3.8) is 0 Å². The van der Waals surface area contributed by atoms with Crippen LogP contribution in [0.1, 0.15) is 26.6 Å². The SMILES string of the molecule is CNS(=O)(=O)c1ccc(Cl)c(C(=O)OCc2csc(CC(=O)NCc3ccccc3)n2)c1. The van der Waals surface area contributed by atoms with E-state index in [0.717, 1.165) is 11.6 Å². The molecule has 2 aromatic carbocycles. The number of nitrogens with one attached hydrogen (secondary N) is 2. The molecule has 0 unspecified atom stereocenters. The van der Waals surface area contributed by atoms with Gasteiger partial charge in [-0.25, -0.2) is 22.9 Å². The van der Waals surface area contributed by atoms with E-state index in [1.54, 1.807) is 5.38 Å². The zero-order valence-corrected chi connectivity index (χ0v) is 19.4. The van der Waals surface area contributed by atoms with Crippen LogP contribution in [0.5, 0.6) is 0 Å². The number of esters is 1. The molecule has 1 amide bonds. The molecule has 0 aliphatic carbocycles. The third-order valence-electron chi connectivity index (χ3n) is 4.33. The number of aromatic nitrogens is 1.